The maximum absolute atomic E-state index is 5.51. The fraction of sp³-hybridized carbons (Fsp3) is 0. The first-order valence-electron chi connectivity index (χ1n) is 26.2. The summed E-state index contributed by atoms with van der Waals surface area (Å²) in [6.07, 6.45) is 0. The van der Waals surface area contributed by atoms with Crippen molar-refractivity contribution < 1.29 is 0 Å². The highest BCUT2D eigenvalue weighted by Crippen LogP contribution is 2.38. The Labute approximate surface area is 442 Å². The molecule has 14 aromatic rings. The van der Waals surface area contributed by atoms with Gasteiger partial charge in [-0.2, -0.15) is 0 Å². The average Bonchev–Trinajstić information content (AvgIpc) is 4.22. The van der Waals surface area contributed by atoms with Crippen LogP contribution in [0.2, 0.25) is 0 Å². The lowest BCUT2D eigenvalue weighted by Gasteiger charge is -2.40. The monoisotopic (exact) mass is 998 g/mol. The van der Waals surface area contributed by atoms with Crippen molar-refractivity contribution in [1.82, 2.24) is 19.1 Å². The van der Waals surface area contributed by atoms with Crippen LogP contribution in [0.3, 0.4) is 0 Å². The molecule has 3 aromatic heterocycles. The van der Waals surface area contributed by atoms with E-state index in [9.17, 15) is 0 Å². The van der Waals surface area contributed by atoms with Crippen molar-refractivity contribution in [2.75, 3.05) is 0 Å². The maximum Gasteiger partial charge on any atom is 0.184 e. The molecule has 0 bridgehead atoms. The van der Waals surface area contributed by atoms with E-state index in [1.165, 1.54) is 96.5 Å². The summed E-state index contributed by atoms with van der Waals surface area (Å²) in [5.41, 5.74) is 12.4. The van der Waals surface area contributed by atoms with E-state index in [0.717, 1.165) is 28.1 Å². The first-order valence-corrected chi connectivity index (χ1v) is 30.2. The number of hydrogen-bond donors (Lipinski definition) is 0. The standard InChI is InChI=1S/C70H46N4Si2/c1-4-22-47(23-5-1)70-71-58(48-24-18-30-52(44-48)75(50-26-6-2-7-27-50)64-40-16-14-38-62(64)73-60-36-12-10-32-54(60)56-34-20-42-66(75)68(56)73)46-59(72-70)49-25-19-31-53(45-49)76(51-28-8-3-9-29-51)65-41-17-15-39-63(65)74-61-37-13-11-33-55(61)57-35-21-43-67(76)69(57)74/h1-46H. The van der Waals surface area contributed by atoms with Gasteiger partial charge in [0.05, 0.1) is 33.5 Å². The van der Waals surface area contributed by atoms with E-state index in [2.05, 4.69) is 288 Å². The summed E-state index contributed by atoms with van der Waals surface area (Å²) in [5.74, 6) is 0.698. The molecule has 16 rings (SSSR count). The average molecular weight is 999 g/mol. The Kier molecular flexibility index (Phi) is 9.34. The lowest BCUT2D eigenvalue weighted by atomic mass is 10.1. The first kappa shape index (κ1) is 43.0. The second kappa shape index (κ2) is 16.5. The highest BCUT2D eigenvalue weighted by molar-refractivity contribution is 7.22. The Morgan fingerprint density at radius 2 is 0.618 bits per heavy atom. The molecule has 0 amide bonds. The van der Waals surface area contributed by atoms with Gasteiger partial charge >= 0.3 is 0 Å². The number of aromatic nitrogens is 4. The number of rotatable bonds is 7. The summed E-state index contributed by atoms with van der Waals surface area (Å²) < 4.78 is 5.06. The van der Waals surface area contributed by atoms with Gasteiger partial charge in [-0.15, -0.1) is 0 Å². The molecule has 4 nitrogen and oxygen atoms in total. The van der Waals surface area contributed by atoms with Gasteiger partial charge in [0.2, 0.25) is 0 Å². The molecular weight excluding hydrogens is 953 g/mol. The summed E-state index contributed by atoms with van der Waals surface area (Å²) in [5, 5.41) is 16.0. The molecule has 0 saturated heterocycles. The molecule has 2 aliphatic rings. The fourth-order valence-electron chi connectivity index (χ4n) is 13.6. The Bertz CT molecular complexity index is 4390. The van der Waals surface area contributed by atoms with Crippen LogP contribution in [0, 0.1) is 0 Å². The van der Waals surface area contributed by atoms with Crippen LogP contribution in [0.15, 0.2) is 279 Å². The van der Waals surface area contributed by atoms with Gasteiger partial charge in [0, 0.05) is 49.6 Å². The Balaban J connectivity index is 0.934. The third-order valence-corrected chi connectivity index (χ3v) is 26.3. The third-order valence-electron chi connectivity index (χ3n) is 16.6. The van der Waals surface area contributed by atoms with Crippen molar-refractivity contribution in [3.05, 3.63) is 279 Å². The van der Waals surface area contributed by atoms with Crippen LogP contribution in [0.1, 0.15) is 0 Å². The van der Waals surface area contributed by atoms with E-state index < -0.39 is 16.1 Å². The van der Waals surface area contributed by atoms with Crippen molar-refractivity contribution in [2.45, 2.75) is 0 Å². The molecule has 0 spiro atoms. The van der Waals surface area contributed by atoms with Crippen molar-refractivity contribution in [1.29, 1.82) is 0 Å². The summed E-state index contributed by atoms with van der Waals surface area (Å²) in [6, 6.07) is 104. The molecule has 0 radical (unpaired) electrons. The van der Waals surface area contributed by atoms with Gasteiger partial charge < -0.3 is 9.13 Å². The van der Waals surface area contributed by atoms with Crippen molar-refractivity contribution >= 4 is 101 Å². The normalized spacial score (nSPS) is 16.3. The maximum atomic E-state index is 5.51. The third kappa shape index (κ3) is 5.88. The number of fused-ring (bicyclic) bond motifs is 10. The number of para-hydroxylation sites is 6. The SMILES string of the molecule is c1ccc(-c2nc(-c3cccc([Si]4(c5ccccc5)c5ccccc5-n5c6ccccc6c6cccc4c65)c3)cc(-c3cccc([Si]4(c5ccccc5)c5ccccc5-n5c6ccccc6c6cccc4c65)c3)n2)cc1. The smallest absolute Gasteiger partial charge is 0.184 e. The summed E-state index contributed by atoms with van der Waals surface area (Å²) in [7, 11) is -6.00. The second-order valence-corrected chi connectivity index (χ2v) is 27.8. The molecule has 76 heavy (non-hydrogen) atoms. The van der Waals surface area contributed by atoms with Gasteiger partial charge in [-0.1, -0.05) is 249 Å². The minimum atomic E-state index is -3.00. The molecule has 5 heterocycles. The zero-order valence-corrected chi connectivity index (χ0v) is 43.3. The first-order chi connectivity index (χ1) is 37.7. The Morgan fingerprint density at radius 3 is 1.11 bits per heavy atom. The number of hydrogen-bond acceptors (Lipinski definition) is 2. The molecule has 2 unspecified atom stereocenters. The largest absolute Gasteiger partial charge is 0.309 e. The lowest BCUT2D eigenvalue weighted by Crippen LogP contribution is -2.76. The van der Waals surface area contributed by atoms with Gasteiger partial charge in [0.15, 0.2) is 22.0 Å². The van der Waals surface area contributed by atoms with Crippen molar-refractivity contribution in [3.63, 3.8) is 0 Å². The second-order valence-electron chi connectivity index (χ2n) is 20.4. The van der Waals surface area contributed by atoms with Crippen LogP contribution >= 0.6 is 0 Å². The van der Waals surface area contributed by atoms with E-state index in [0.29, 0.717) is 5.82 Å². The predicted molar refractivity (Wildman–Crippen MR) is 321 cm³/mol. The summed E-state index contributed by atoms with van der Waals surface area (Å²) in [6.45, 7) is 0. The molecule has 354 valence electrons. The van der Waals surface area contributed by atoms with Crippen LogP contribution in [0.25, 0.3) is 88.9 Å². The van der Waals surface area contributed by atoms with E-state index >= 15 is 0 Å². The topological polar surface area (TPSA) is 35.6 Å². The van der Waals surface area contributed by atoms with Gasteiger partial charge in [-0.3, -0.25) is 0 Å². The fourth-order valence-corrected chi connectivity index (χ4v) is 23.9. The Hall–Kier alpha value is -9.47. The summed E-state index contributed by atoms with van der Waals surface area (Å²) >= 11 is 0. The predicted octanol–water partition coefficient (Wildman–Crippen LogP) is 11.1. The van der Waals surface area contributed by atoms with Crippen LogP contribution in [0.5, 0.6) is 0 Å². The van der Waals surface area contributed by atoms with E-state index in [-0.39, 0.29) is 0 Å². The molecule has 11 aromatic carbocycles. The van der Waals surface area contributed by atoms with Crippen molar-refractivity contribution in [3.8, 4) is 45.3 Å². The number of benzene rings is 11. The molecule has 0 saturated carbocycles. The van der Waals surface area contributed by atoms with E-state index in [4.69, 9.17) is 9.97 Å². The minimum Gasteiger partial charge on any atom is -0.309 e. The van der Waals surface area contributed by atoms with Crippen molar-refractivity contribution in [2.24, 2.45) is 0 Å². The van der Waals surface area contributed by atoms with Gasteiger partial charge in [-0.25, -0.2) is 9.97 Å². The van der Waals surface area contributed by atoms with Gasteiger partial charge in [-0.05, 0) is 71.8 Å². The molecule has 0 N–H and O–H groups in total. The highest BCUT2D eigenvalue weighted by Gasteiger charge is 2.49. The number of nitrogens with zero attached hydrogens (tertiary/aromatic N) is 4. The quantitative estimate of drug-likeness (QED) is 0.149. The van der Waals surface area contributed by atoms with E-state index in [1.807, 2.05) is 0 Å². The lowest BCUT2D eigenvalue weighted by molar-refractivity contribution is 1.18. The van der Waals surface area contributed by atoms with Gasteiger partial charge in [0.1, 0.15) is 0 Å². The minimum absolute atomic E-state index is 0.698. The van der Waals surface area contributed by atoms with E-state index in [1.54, 1.807) is 0 Å². The summed E-state index contributed by atoms with van der Waals surface area (Å²) in [4.78, 5) is 11.0. The van der Waals surface area contributed by atoms with Crippen LogP contribution in [-0.2, 0) is 0 Å². The Morgan fingerprint density at radius 1 is 0.263 bits per heavy atom. The molecule has 0 aliphatic carbocycles. The van der Waals surface area contributed by atoms with Gasteiger partial charge in [0.25, 0.3) is 0 Å². The van der Waals surface area contributed by atoms with Crippen LogP contribution in [0.4, 0.5) is 0 Å². The van der Waals surface area contributed by atoms with Crippen LogP contribution in [-0.4, -0.2) is 35.2 Å². The zero-order chi connectivity index (χ0) is 50.0. The molecular formula is C70H46N4Si2. The zero-order valence-electron chi connectivity index (χ0n) is 41.3. The molecule has 0 fully saturated rings. The molecule has 2 aliphatic heterocycles. The molecule has 2 atom stereocenters. The highest BCUT2D eigenvalue weighted by atomic mass is 28.3. The molecule has 6 heteroatoms. The van der Waals surface area contributed by atoms with Crippen LogP contribution < -0.4 is 41.5 Å².